The van der Waals surface area contributed by atoms with E-state index in [2.05, 4.69) is 11.9 Å². The second-order valence-electron chi connectivity index (χ2n) is 7.62. The molecule has 3 fully saturated rings. The van der Waals surface area contributed by atoms with Crippen LogP contribution in [0.15, 0.2) is 24.5 Å². The van der Waals surface area contributed by atoms with Gasteiger partial charge in [0, 0.05) is 31.5 Å². The summed E-state index contributed by atoms with van der Waals surface area (Å²) in [5, 5.41) is 0. The Labute approximate surface area is 143 Å². The maximum Gasteiger partial charge on any atom is 0.226 e. The minimum atomic E-state index is -0.0918. The van der Waals surface area contributed by atoms with E-state index in [1.807, 2.05) is 23.2 Å². The summed E-state index contributed by atoms with van der Waals surface area (Å²) in [5.74, 6) is 1.71. The molecule has 3 unspecified atom stereocenters. The summed E-state index contributed by atoms with van der Waals surface area (Å²) in [6.45, 7) is 5.88. The van der Waals surface area contributed by atoms with Crippen molar-refractivity contribution in [3.63, 3.8) is 0 Å². The molecule has 4 rings (SSSR count). The van der Waals surface area contributed by atoms with E-state index >= 15 is 0 Å². The van der Waals surface area contributed by atoms with Crippen molar-refractivity contribution in [2.45, 2.75) is 38.4 Å². The van der Waals surface area contributed by atoms with E-state index < -0.39 is 0 Å². The number of pyridine rings is 1. The number of rotatable bonds is 6. The Balaban J connectivity index is 1.22. The van der Waals surface area contributed by atoms with E-state index in [0.29, 0.717) is 24.3 Å². The quantitative estimate of drug-likeness (QED) is 0.751. The Hall–Kier alpha value is -1.46. The highest BCUT2D eigenvalue weighted by molar-refractivity contribution is 5.82. The molecule has 130 valence electrons. The molecule has 1 saturated carbocycles. The van der Waals surface area contributed by atoms with Gasteiger partial charge in [0.1, 0.15) is 5.60 Å². The number of ether oxygens (including phenoxy) is 2. The first-order valence-electron chi connectivity index (χ1n) is 9.07. The second kappa shape index (κ2) is 6.45. The van der Waals surface area contributed by atoms with Gasteiger partial charge in [0.25, 0.3) is 0 Å². The number of likely N-dealkylation sites (tertiary alicyclic amines) is 1. The van der Waals surface area contributed by atoms with Gasteiger partial charge in [-0.05, 0) is 42.7 Å². The monoisotopic (exact) mass is 330 g/mol. The highest BCUT2D eigenvalue weighted by Crippen LogP contribution is 2.45. The molecule has 1 aromatic rings. The molecule has 3 heterocycles. The van der Waals surface area contributed by atoms with E-state index in [-0.39, 0.29) is 11.5 Å². The summed E-state index contributed by atoms with van der Waals surface area (Å²) in [6, 6.07) is 3.96. The molecule has 1 aromatic heterocycles. The maximum absolute atomic E-state index is 12.3. The van der Waals surface area contributed by atoms with Gasteiger partial charge in [-0.2, -0.15) is 0 Å². The molecular formula is C19H26N2O3. The van der Waals surface area contributed by atoms with Crippen LogP contribution in [0.4, 0.5) is 0 Å². The van der Waals surface area contributed by atoms with Crippen molar-refractivity contribution < 1.29 is 14.3 Å². The lowest BCUT2D eigenvalue weighted by Gasteiger charge is -2.50. The van der Waals surface area contributed by atoms with Crippen LogP contribution in [-0.4, -0.2) is 47.7 Å². The fraction of sp³-hybridized carbons (Fsp3) is 0.684. The number of hydrogen-bond donors (Lipinski definition) is 0. The number of carbonyl (C=O) groups excluding carboxylic acids is 1. The number of hydrogen-bond acceptors (Lipinski definition) is 4. The molecule has 0 radical (unpaired) electrons. The molecule has 1 spiro atoms. The number of amides is 1. The first-order valence-corrected chi connectivity index (χ1v) is 9.07. The molecule has 0 bridgehead atoms. The van der Waals surface area contributed by atoms with Gasteiger partial charge in [0.05, 0.1) is 19.7 Å². The van der Waals surface area contributed by atoms with Crippen molar-refractivity contribution in [2.24, 2.45) is 17.8 Å². The summed E-state index contributed by atoms with van der Waals surface area (Å²) < 4.78 is 11.9. The van der Waals surface area contributed by atoms with Crippen molar-refractivity contribution >= 4 is 5.91 Å². The Kier molecular flexibility index (Phi) is 4.31. The molecule has 5 nitrogen and oxygen atoms in total. The van der Waals surface area contributed by atoms with Crippen molar-refractivity contribution in [1.82, 2.24) is 9.88 Å². The van der Waals surface area contributed by atoms with Crippen LogP contribution in [0.3, 0.4) is 0 Å². The molecule has 2 saturated heterocycles. The minimum Gasteiger partial charge on any atom is -0.377 e. The van der Waals surface area contributed by atoms with Gasteiger partial charge >= 0.3 is 0 Å². The summed E-state index contributed by atoms with van der Waals surface area (Å²) >= 11 is 0. The Bertz CT molecular complexity index is 586. The zero-order valence-corrected chi connectivity index (χ0v) is 14.3. The predicted molar refractivity (Wildman–Crippen MR) is 89.2 cm³/mol. The third kappa shape index (κ3) is 3.07. The second-order valence-corrected chi connectivity index (χ2v) is 7.62. The topological polar surface area (TPSA) is 51.7 Å². The third-order valence-electron chi connectivity index (χ3n) is 5.86. The standard InChI is InChI=1S/C19H26N2O3/c1-14-9-17(14)18(22)21-12-19(13-21)16(5-8-24-19)4-7-23-11-15-3-2-6-20-10-15/h2-3,6,10,14,16-17H,4-5,7-9,11-13H2,1H3. The zero-order chi connectivity index (χ0) is 16.6. The summed E-state index contributed by atoms with van der Waals surface area (Å²) in [4.78, 5) is 18.4. The SMILES string of the molecule is CC1CC1C(=O)N1CC2(C1)OCCC2CCOCc1cccnc1. The molecule has 3 atom stereocenters. The molecule has 3 aliphatic rings. The molecule has 24 heavy (non-hydrogen) atoms. The molecule has 0 aromatic carbocycles. The molecule has 1 amide bonds. The molecule has 0 N–H and O–H groups in total. The first kappa shape index (κ1) is 16.0. The fourth-order valence-corrected chi connectivity index (χ4v) is 4.10. The van der Waals surface area contributed by atoms with Crippen LogP contribution in [0.5, 0.6) is 0 Å². The number of carbonyl (C=O) groups is 1. The first-order chi connectivity index (χ1) is 11.7. The van der Waals surface area contributed by atoms with Gasteiger partial charge in [0.15, 0.2) is 0 Å². The van der Waals surface area contributed by atoms with E-state index in [1.54, 1.807) is 6.20 Å². The van der Waals surface area contributed by atoms with E-state index in [1.165, 1.54) is 0 Å². The lowest BCUT2D eigenvalue weighted by atomic mass is 9.79. The maximum atomic E-state index is 12.3. The summed E-state index contributed by atoms with van der Waals surface area (Å²) in [6.07, 6.45) is 6.76. The molecule has 2 aliphatic heterocycles. The minimum absolute atomic E-state index is 0.0918. The van der Waals surface area contributed by atoms with Gasteiger partial charge in [-0.3, -0.25) is 9.78 Å². The Morgan fingerprint density at radius 1 is 1.50 bits per heavy atom. The van der Waals surface area contributed by atoms with E-state index in [4.69, 9.17) is 9.47 Å². The summed E-state index contributed by atoms with van der Waals surface area (Å²) in [7, 11) is 0. The predicted octanol–water partition coefficient (Wildman–Crippen LogP) is 2.26. The smallest absolute Gasteiger partial charge is 0.226 e. The van der Waals surface area contributed by atoms with Crippen LogP contribution >= 0.6 is 0 Å². The van der Waals surface area contributed by atoms with Crippen molar-refractivity contribution in [3.8, 4) is 0 Å². The molecule has 1 aliphatic carbocycles. The van der Waals surface area contributed by atoms with Crippen LogP contribution in [0.25, 0.3) is 0 Å². The van der Waals surface area contributed by atoms with E-state index in [9.17, 15) is 4.79 Å². The highest BCUT2D eigenvalue weighted by Gasteiger charge is 2.56. The normalized spacial score (nSPS) is 30.4. The fourth-order valence-electron chi connectivity index (χ4n) is 4.10. The van der Waals surface area contributed by atoms with Crippen LogP contribution in [0, 0.1) is 17.8 Å². The third-order valence-corrected chi connectivity index (χ3v) is 5.86. The highest BCUT2D eigenvalue weighted by atomic mass is 16.5. The van der Waals surface area contributed by atoms with Gasteiger partial charge < -0.3 is 14.4 Å². The average Bonchev–Trinajstić information content (AvgIpc) is 3.14. The van der Waals surface area contributed by atoms with Crippen molar-refractivity contribution in [3.05, 3.63) is 30.1 Å². The Morgan fingerprint density at radius 3 is 3.04 bits per heavy atom. The van der Waals surface area contributed by atoms with Gasteiger partial charge in [-0.1, -0.05) is 13.0 Å². The zero-order valence-electron chi connectivity index (χ0n) is 14.3. The molecule has 5 heteroatoms. The average molecular weight is 330 g/mol. The number of nitrogens with zero attached hydrogens (tertiary/aromatic N) is 2. The largest absolute Gasteiger partial charge is 0.377 e. The van der Waals surface area contributed by atoms with Crippen LogP contribution < -0.4 is 0 Å². The van der Waals surface area contributed by atoms with Crippen LogP contribution in [-0.2, 0) is 20.9 Å². The number of aromatic nitrogens is 1. The lowest BCUT2D eigenvalue weighted by Crippen LogP contribution is -2.66. The van der Waals surface area contributed by atoms with Crippen molar-refractivity contribution in [2.75, 3.05) is 26.3 Å². The summed E-state index contributed by atoms with van der Waals surface area (Å²) in [5.41, 5.74) is 1.01. The van der Waals surface area contributed by atoms with Crippen LogP contribution in [0.2, 0.25) is 0 Å². The van der Waals surface area contributed by atoms with Gasteiger partial charge in [0.2, 0.25) is 5.91 Å². The van der Waals surface area contributed by atoms with E-state index in [0.717, 1.165) is 51.1 Å². The van der Waals surface area contributed by atoms with Gasteiger partial charge in [-0.25, -0.2) is 0 Å². The molecular weight excluding hydrogens is 304 g/mol. The van der Waals surface area contributed by atoms with Gasteiger partial charge in [-0.15, -0.1) is 0 Å². The van der Waals surface area contributed by atoms with Crippen molar-refractivity contribution in [1.29, 1.82) is 0 Å². The lowest BCUT2D eigenvalue weighted by molar-refractivity contribution is -0.167. The van der Waals surface area contributed by atoms with Crippen LogP contribution in [0.1, 0.15) is 31.7 Å². The Morgan fingerprint density at radius 2 is 2.33 bits per heavy atom.